The van der Waals surface area contributed by atoms with E-state index in [4.69, 9.17) is 0 Å². The van der Waals surface area contributed by atoms with Gasteiger partial charge in [0, 0.05) is 11.6 Å². The van der Waals surface area contributed by atoms with Crippen LogP contribution in [0.15, 0.2) is 12.1 Å². The van der Waals surface area contributed by atoms with Crippen molar-refractivity contribution in [3.63, 3.8) is 0 Å². The molecule has 2 rings (SSSR count). The molecular formula is C15H22FN. The van der Waals surface area contributed by atoms with Crippen LogP contribution in [0.25, 0.3) is 0 Å². The molecule has 1 saturated carbocycles. The minimum atomic E-state index is -0.0541. The van der Waals surface area contributed by atoms with Crippen LogP contribution in [0.1, 0.15) is 49.4 Å². The Hall–Kier alpha value is -0.890. The molecule has 0 amide bonds. The Morgan fingerprint density at radius 2 is 2.00 bits per heavy atom. The van der Waals surface area contributed by atoms with Gasteiger partial charge in [-0.2, -0.15) is 0 Å². The zero-order valence-corrected chi connectivity index (χ0v) is 11.2. The highest BCUT2D eigenvalue weighted by molar-refractivity contribution is 5.36. The van der Waals surface area contributed by atoms with Crippen LogP contribution in [0.5, 0.6) is 0 Å². The smallest absolute Gasteiger partial charge is 0.128 e. The Balaban J connectivity index is 2.42. The van der Waals surface area contributed by atoms with Crippen LogP contribution in [0, 0.1) is 25.1 Å². The summed E-state index contributed by atoms with van der Waals surface area (Å²) in [6, 6.07) is 3.89. The predicted molar refractivity (Wildman–Crippen MR) is 69.6 cm³/mol. The van der Waals surface area contributed by atoms with Gasteiger partial charge in [0.05, 0.1) is 0 Å². The molecule has 1 nitrogen and oxygen atoms in total. The number of benzene rings is 1. The molecule has 1 unspecified atom stereocenters. The van der Waals surface area contributed by atoms with Gasteiger partial charge in [0.25, 0.3) is 0 Å². The van der Waals surface area contributed by atoms with Crippen molar-refractivity contribution in [1.29, 1.82) is 0 Å². The zero-order chi connectivity index (χ0) is 12.6. The number of halogens is 1. The number of hydrogen-bond donors (Lipinski definition) is 1. The van der Waals surface area contributed by atoms with Crippen LogP contribution in [0.4, 0.5) is 4.39 Å². The maximum absolute atomic E-state index is 14.2. The molecule has 1 aromatic rings. The van der Waals surface area contributed by atoms with Gasteiger partial charge in [-0.25, -0.2) is 4.39 Å². The summed E-state index contributed by atoms with van der Waals surface area (Å²) in [5.74, 6) is -0.0541. The first-order valence-electron chi connectivity index (χ1n) is 6.48. The first kappa shape index (κ1) is 12.6. The van der Waals surface area contributed by atoms with Gasteiger partial charge < -0.3 is 5.32 Å². The molecule has 17 heavy (non-hydrogen) atoms. The quantitative estimate of drug-likeness (QED) is 0.834. The molecular weight excluding hydrogens is 213 g/mol. The van der Waals surface area contributed by atoms with Crippen molar-refractivity contribution < 1.29 is 4.39 Å². The molecule has 0 aliphatic heterocycles. The fraction of sp³-hybridized carbons (Fsp3) is 0.600. The van der Waals surface area contributed by atoms with E-state index < -0.39 is 0 Å². The van der Waals surface area contributed by atoms with Crippen LogP contribution >= 0.6 is 0 Å². The van der Waals surface area contributed by atoms with Crippen molar-refractivity contribution >= 4 is 0 Å². The summed E-state index contributed by atoms with van der Waals surface area (Å²) in [5, 5.41) is 3.46. The van der Waals surface area contributed by atoms with Gasteiger partial charge >= 0.3 is 0 Å². The molecule has 0 bridgehead atoms. The van der Waals surface area contributed by atoms with Gasteiger partial charge in [-0.15, -0.1) is 0 Å². The molecule has 1 N–H and O–H groups in total. The molecule has 1 aliphatic rings. The standard InChI is InChI=1S/C15H22FN/c1-5-17-14(15(4)6-7-15)13-11(3)8-10(2)9-12(13)16/h8-9,14,17H,5-7H2,1-4H3. The van der Waals surface area contributed by atoms with E-state index in [1.54, 1.807) is 6.07 Å². The van der Waals surface area contributed by atoms with E-state index in [1.165, 1.54) is 12.8 Å². The highest BCUT2D eigenvalue weighted by Crippen LogP contribution is 2.55. The first-order chi connectivity index (χ1) is 7.98. The second-order valence-electron chi connectivity index (χ2n) is 5.62. The fourth-order valence-electron chi connectivity index (χ4n) is 2.68. The average molecular weight is 235 g/mol. The van der Waals surface area contributed by atoms with E-state index in [-0.39, 0.29) is 17.3 Å². The Bertz CT molecular complexity index is 398. The lowest BCUT2D eigenvalue weighted by Gasteiger charge is -2.27. The predicted octanol–water partition coefficient (Wildman–Crippen LogP) is 3.89. The minimum Gasteiger partial charge on any atom is -0.310 e. The summed E-state index contributed by atoms with van der Waals surface area (Å²) in [4.78, 5) is 0. The molecule has 0 heterocycles. The maximum atomic E-state index is 14.2. The number of hydrogen-bond acceptors (Lipinski definition) is 1. The van der Waals surface area contributed by atoms with Crippen LogP contribution in [-0.2, 0) is 0 Å². The van der Waals surface area contributed by atoms with E-state index in [2.05, 4.69) is 25.2 Å². The molecule has 1 aliphatic carbocycles. The fourth-order valence-corrected chi connectivity index (χ4v) is 2.68. The molecule has 0 aromatic heterocycles. The van der Waals surface area contributed by atoms with E-state index in [9.17, 15) is 4.39 Å². The van der Waals surface area contributed by atoms with Crippen molar-refractivity contribution in [2.24, 2.45) is 5.41 Å². The van der Waals surface area contributed by atoms with Gasteiger partial charge in [0.2, 0.25) is 0 Å². The van der Waals surface area contributed by atoms with E-state index in [0.29, 0.717) is 0 Å². The van der Waals surface area contributed by atoms with Crippen LogP contribution < -0.4 is 5.32 Å². The van der Waals surface area contributed by atoms with Crippen molar-refractivity contribution in [3.05, 3.63) is 34.6 Å². The molecule has 94 valence electrons. The van der Waals surface area contributed by atoms with E-state index in [0.717, 1.165) is 23.2 Å². The average Bonchev–Trinajstić information content (AvgIpc) is 2.95. The van der Waals surface area contributed by atoms with Crippen molar-refractivity contribution in [1.82, 2.24) is 5.32 Å². The Morgan fingerprint density at radius 1 is 1.35 bits per heavy atom. The Labute approximate surface area is 103 Å². The van der Waals surface area contributed by atoms with E-state index >= 15 is 0 Å². The maximum Gasteiger partial charge on any atom is 0.128 e. The van der Waals surface area contributed by atoms with Gasteiger partial charge in [0.1, 0.15) is 5.82 Å². The van der Waals surface area contributed by atoms with Gasteiger partial charge in [0.15, 0.2) is 0 Å². The van der Waals surface area contributed by atoms with Crippen molar-refractivity contribution in [3.8, 4) is 0 Å². The Kier molecular flexibility index (Phi) is 3.26. The topological polar surface area (TPSA) is 12.0 Å². The van der Waals surface area contributed by atoms with Crippen LogP contribution in [-0.4, -0.2) is 6.54 Å². The third-order valence-corrected chi connectivity index (χ3v) is 3.91. The monoisotopic (exact) mass is 235 g/mol. The lowest BCUT2D eigenvalue weighted by Crippen LogP contribution is -2.29. The summed E-state index contributed by atoms with van der Waals surface area (Å²) in [6.07, 6.45) is 2.38. The summed E-state index contributed by atoms with van der Waals surface area (Å²) in [7, 11) is 0. The van der Waals surface area contributed by atoms with Gasteiger partial charge in [-0.1, -0.05) is 19.9 Å². The molecule has 2 heteroatoms. The summed E-state index contributed by atoms with van der Waals surface area (Å²) < 4.78 is 14.2. The second-order valence-corrected chi connectivity index (χ2v) is 5.62. The van der Waals surface area contributed by atoms with Crippen molar-refractivity contribution in [2.75, 3.05) is 6.54 Å². The SMILES string of the molecule is CCNC(c1c(C)cc(C)cc1F)C1(C)CC1. The minimum absolute atomic E-state index is 0.0541. The highest BCUT2D eigenvalue weighted by atomic mass is 19.1. The zero-order valence-electron chi connectivity index (χ0n) is 11.2. The largest absolute Gasteiger partial charge is 0.310 e. The van der Waals surface area contributed by atoms with E-state index in [1.807, 2.05) is 13.8 Å². The lowest BCUT2D eigenvalue weighted by atomic mass is 9.88. The van der Waals surface area contributed by atoms with Gasteiger partial charge in [-0.3, -0.25) is 0 Å². The molecule has 0 spiro atoms. The molecule has 0 radical (unpaired) electrons. The van der Waals surface area contributed by atoms with Gasteiger partial charge in [-0.05, 0) is 55.8 Å². The second kappa shape index (κ2) is 4.41. The Morgan fingerprint density at radius 3 is 2.47 bits per heavy atom. The van der Waals surface area contributed by atoms with Crippen molar-refractivity contribution in [2.45, 2.75) is 46.6 Å². The molecule has 1 atom stereocenters. The normalized spacial score (nSPS) is 19.1. The summed E-state index contributed by atoms with van der Waals surface area (Å²) in [6.45, 7) is 9.18. The number of nitrogens with one attached hydrogen (secondary N) is 1. The highest BCUT2D eigenvalue weighted by Gasteiger charge is 2.46. The number of aryl methyl sites for hydroxylation is 2. The molecule has 0 saturated heterocycles. The summed E-state index contributed by atoms with van der Waals surface area (Å²) >= 11 is 0. The number of rotatable bonds is 4. The molecule has 1 fully saturated rings. The first-order valence-corrected chi connectivity index (χ1v) is 6.48. The lowest BCUT2D eigenvalue weighted by molar-refractivity contribution is 0.360. The van der Waals surface area contributed by atoms with Crippen LogP contribution in [0.2, 0.25) is 0 Å². The summed E-state index contributed by atoms with van der Waals surface area (Å²) in [5.41, 5.74) is 3.19. The molecule has 1 aromatic carbocycles. The third-order valence-electron chi connectivity index (χ3n) is 3.91. The van der Waals surface area contributed by atoms with Crippen LogP contribution in [0.3, 0.4) is 0 Å². The third kappa shape index (κ3) is 2.37.